The van der Waals surface area contributed by atoms with Crippen LogP contribution in [0.25, 0.3) is 0 Å². The van der Waals surface area contributed by atoms with Gasteiger partial charge in [0, 0.05) is 43.2 Å². The fraction of sp³-hybridized carbons (Fsp3) is 0.381. The van der Waals surface area contributed by atoms with Crippen molar-refractivity contribution < 1.29 is 17.6 Å². The third kappa shape index (κ3) is 5.38. The summed E-state index contributed by atoms with van der Waals surface area (Å²) in [6.45, 7) is 5.23. The Morgan fingerprint density at radius 1 is 1.00 bits per heavy atom. The molecule has 1 heterocycles. The first-order chi connectivity index (χ1) is 13.8. The van der Waals surface area contributed by atoms with E-state index >= 15 is 0 Å². The molecule has 2 aromatic rings. The standard InChI is InChI=1S/C21H25FN2O3S2/c1-16-3-8-20(15-17(16)2)29(26,27)24-12-10-23(11-13-24)21(25)9-14-28-19-6-4-18(22)5-7-19/h3-8,15H,9-14H2,1-2H3. The highest BCUT2D eigenvalue weighted by molar-refractivity contribution is 7.99. The van der Waals surface area contributed by atoms with Crippen molar-refractivity contribution in [2.45, 2.75) is 30.1 Å². The summed E-state index contributed by atoms with van der Waals surface area (Å²) < 4.78 is 40.1. The molecule has 1 saturated heterocycles. The molecular weight excluding hydrogens is 411 g/mol. The summed E-state index contributed by atoms with van der Waals surface area (Å²) in [7, 11) is -3.55. The van der Waals surface area contributed by atoms with Gasteiger partial charge in [-0.15, -0.1) is 11.8 Å². The van der Waals surface area contributed by atoms with Crippen molar-refractivity contribution in [3.8, 4) is 0 Å². The third-order valence-electron chi connectivity index (χ3n) is 5.11. The van der Waals surface area contributed by atoms with Crippen LogP contribution in [0.1, 0.15) is 17.5 Å². The predicted molar refractivity (Wildman–Crippen MR) is 113 cm³/mol. The number of thioether (sulfide) groups is 1. The Morgan fingerprint density at radius 2 is 1.66 bits per heavy atom. The van der Waals surface area contributed by atoms with E-state index in [0.717, 1.165) is 16.0 Å². The maximum Gasteiger partial charge on any atom is 0.243 e. The number of hydrogen-bond donors (Lipinski definition) is 0. The molecular formula is C21H25FN2O3S2. The monoisotopic (exact) mass is 436 g/mol. The van der Waals surface area contributed by atoms with E-state index in [-0.39, 0.29) is 11.7 Å². The molecule has 0 unspecified atom stereocenters. The smallest absolute Gasteiger partial charge is 0.243 e. The van der Waals surface area contributed by atoms with Crippen molar-refractivity contribution in [2.75, 3.05) is 31.9 Å². The van der Waals surface area contributed by atoms with E-state index in [1.165, 1.54) is 28.2 Å². The Bertz CT molecular complexity index is 970. The summed E-state index contributed by atoms with van der Waals surface area (Å²) in [5.74, 6) is 0.341. The Hall–Kier alpha value is -1.90. The number of carbonyl (C=O) groups is 1. The number of aryl methyl sites for hydroxylation is 2. The van der Waals surface area contributed by atoms with Crippen molar-refractivity contribution in [3.63, 3.8) is 0 Å². The van der Waals surface area contributed by atoms with Crippen molar-refractivity contribution in [1.82, 2.24) is 9.21 Å². The highest BCUT2D eigenvalue weighted by Crippen LogP contribution is 2.22. The summed E-state index contributed by atoms with van der Waals surface area (Å²) in [6, 6.07) is 11.4. The fourth-order valence-corrected chi connectivity index (χ4v) is 5.50. The van der Waals surface area contributed by atoms with Gasteiger partial charge in [-0.25, -0.2) is 12.8 Å². The number of rotatable bonds is 6. The van der Waals surface area contributed by atoms with Crippen molar-refractivity contribution in [3.05, 3.63) is 59.4 Å². The molecule has 1 fully saturated rings. The Morgan fingerprint density at radius 3 is 2.28 bits per heavy atom. The molecule has 0 bridgehead atoms. The first kappa shape index (κ1) is 21.8. The lowest BCUT2D eigenvalue weighted by atomic mass is 10.1. The number of hydrogen-bond acceptors (Lipinski definition) is 4. The Labute approximate surface area is 175 Å². The summed E-state index contributed by atoms with van der Waals surface area (Å²) in [5.41, 5.74) is 2.00. The van der Waals surface area contributed by atoms with Crippen LogP contribution in [-0.2, 0) is 14.8 Å². The van der Waals surface area contributed by atoms with Crippen LogP contribution in [0, 0.1) is 19.7 Å². The molecule has 2 aromatic carbocycles. The number of sulfonamides is 1. The molecule has 0 N–H and O–H groups in total. The summed E-state index contributed by atoms with van der Waals surface area (Å²) in [6.07, 6.45) is 0.367. The minimum atomic E-state index is -3.55. The predicted octanol–water partition coefficient (Wildman–Crippen LogP) is 3.46. The van der Waals surface area contributed by atoms with Crippen LogP contribution in [-0.4, -0.2) is 55.5 Å². The second kappa shape index (κ2) is 9.28. The summed E-state index contributed by atoms with van der Waals surface area (Å²) in [5, 5.41) is 0. The molecule has 0 aromatic heterocycles. The SMILES string of the molecule is Cc1ccc(S(=O)(=O)N2CCN(C(=O)CCSc3ccc(F)cc3)CC2)cc1C. The van der Waals surface area contributed by atoms with Crippen LogP contribution < -0.4 is 0 Å². The van der Waals surface area contributed by atoms with Gasteiger partial charge in [-0.3, -0.25) is 4.79 Å². The van der Waals surface area contributed by atoms with E-state index in [2.05, 4.69) is 0 Å². The van der Waals surface area contributed by atoms with E-state index in [9.17, 15) is 17.6 Å². The van der Waals surface area contributed by atoms with Gasteiger partial charge < -0.3 is 4.90 Å². The average Bonchev–Trinajstić information content (AvgIpc) is 2.71. The van der Waals surface area contributed by atoms with E-state index in [1.807, 2.05) is 19.9 Å². The second-order valence-corrected chi connectivity index (χ2v) is 10.2. The molecule has 1 aliphatic rings. The van der Waals surface area contributed by atoms with Gasteiger partial charge in [-0.05, 0) is 61.4 Å². The molecule has 5 nitrogen and oxygen atoms in total. The maximum atomic E-state index is 12.9. The first-order valence-corrected chi connectivity index (χ1v) is 11.9. The minimum absolute atomic E-state index is 0.0165. The molecule has 0 radical (unpaired) electrons. The normalized spacial score (nSPS) is 15.5. The summed E-state index contributed by atoms with van der Waals surface area (Å²) in [4.78, 5) is 15.4. The molecule has 8 heteroatoms. The highest BCUT2D eigenvalue weighted by Gasteiger charge is 2.30. The van der Waals surface area contributed by atoms with Crippen molar-refractivity contribution in [2.24, 2.45) is 0 Å². The zero-order valence-corrected chi connectivity index (χ0v) is 18.2. The van der Waals surface area contributed by atoms with Crippen LogP contribution in [0.5, 0.6) is 0 Å². The fourth-order valence-electron chi connectivity index (χ4n) is 3.15. The van der Waals surface area contributed by atoms with Crippen LogP contribution in [0.2, 0.25) is 0 Å². The van der Waals surface area contributed by atoms with E-state index in [0.29, 0.717) is 43.2 Å². The Kier molecular flexibility index (Phi) is 6.97. The molecule has 1 amide bonds. The van der Waals surface area contributed by atoms with Gasteiger partial charge in [0.15, 0.2) is 0 Å². The van der Waals surface area contributed by atoms with Crippen molar-refractivity contribution >= 4 is 27.7 Å². The van der Waals surface area contributed by atoms with Gasteiger partial charge in [0.05, 0.1) is 4.90 Å². The molecule has 0 atom stereocenters. The second-order valence-electron chi connectivity index (χ2n) is 7.08. The van der Waals surface area contributed by atoms with Gasteiger partial charge in [0.2, 0.25) is 15.9 Å². The topological polar surface area (TPSA) is 57.7 Å². The van der Waals surface area contributed by atoms with Gasteiger partial charge >= 0.3 is 0 Å². The van der Waals surface area contributed by atoms with Crippen LogP contribution in [0.3, 0.4) is 0 Å². The molecule has 0 aliphatic carbocycles. The zero-order valence-electron chi connectivity index (χ0n) is 16.6. The quantitative estimate of drug-likeness (QED) is 0.651. The number of amides is 1. The molecule has 0 saturated carbocycles. The number of benzene rings is 2. The number of halogens is 1. The van der Waals surface area contributed by atoms with Gasteiger partial charge in [-0.1, -0.05) is 6.07 Å². The third-order valence-corrected chi connectivity index (χ3v) is 8.01. The lowest BCUT2D eigenvalue weighted by molar-refractivity contribution is -0.131. The largest absolute Gasteiger partial charge is 0.340 e. The average molecular weight is 437 g/mol. The molecule has 3 rings (SSSR count). The Balaban J connectivity index is 1.50. The van der Waals surface area contributed by atoms with Crippen LogP contribution in [0.4, 0.5) is 4.39 Å². The molecule has 0 spiro atoms. The number of nitrogens with zero attached hydrogens (tertiary/aromatic N) is 2. The van der Waals surface area contributed by atoms with Crippen LogP contribution in [0.15, 0.2) is 52.3 Å². The lowest BCUT2D eigenvalue weighted by Crippen LogP contribution is -2.50. The van der Waals surface area contributed by atoms with Gasteiger partial charge in [0.25, 0.3) is 0 Å². The van der Waals surface area contributed by atoms with E-state index < -0.39 is 10.0 Å². The van der Waals surface area contributed by atoms with E-state index in [1.54, 1.807) is 29.2 Å². The molecule has 1 aliphatic heterocycles. The van der Waals surface area contributed by atoms with E-state index in [4.69, 9.17) is 0 Å². The number of piperazine rings is 1. The maximum absolute atomic E-state index is 12.9. The number of carbonyl (C=O) groups excluding carboxylic acids is 1. The molecule has 29 heavy (non-hydrogen) atoms. The minimum Gasteiger partial charge on any atom is -0.340 e. The van der Waals surface area contributed by atoms with Crippen LogP contribution >= 0.6 is 11.8 Å². The van der Waals surface area contributed by atoms with Crippen molar-refractivity contribution in [1.29, 1.82) is 0 Å². The zero-order chi connectivity index (χ0) is 21.0. The molecule has 156 valence electrons. The first-order valence-electron chi connectivity index (χ1n) is 9.51. The highest BCUT2D eigenvalue weighted by atomic mass is 32.2. The van der Waals surface area contributed by atoms with Gasteiger partial charge in [-0.2, -0.15) is 4.31 Å². The summed E-state index contributed by atoms with van der Waals surface area (Å²) >= 11 is 1.51. The van der Waals surface area contributed by atoms with Gasteiger partial charge in [0.1, 0.15) is 5.82 Å². The lowest BCUT2D eigenvalue weighted by Gasteiger charge is -2.34.